The van der Waals surface area contributed by atoms with Gasteiger partial charge in [0.25, 0.3) is 0 Å². The van der Waals surface area contributed by atoms with Crippen LogP contribution in [-0.4, -0.2) is 16.6 Å². The van der Waals surface area contributed by atoms with E-state index in [9.17, 15) is 8.42 Å². The molecule has 3 nitrogen and oxygen atoms in total. The van der Waals surface area contributed by atoms with Crippen LogP contribution in [0.25, 0.3) is 0 Å². The molecule has 0 aliphatic heterocycles. The molecule has 0 saturated heterocycles. The maximum atomic E-state index is 13.5. The number of benzene rings is 2. The number of nitrogens with zero attached hydrogens (tertiary/aromatic N) is 1. The molecule has 0 amide bonds. The molecule has 0 N–H and O–H groups in total. The van der Waals surface area contributed by atoms with Gasteiger partial charge in [0.05, 0.1) is 0 Å². The Bertz CT molecular complexity index is 1030. The Hall–Kier alpha value is -1.61. The van der Waals surface area contributed by atoms with Crippen LogP contribution in [0.3, 0.4) is 0 Å². The van der Waals surface area contributed by atoms with Gasteiger partial charge in [-0.25, -0.2) is 0 Å². The fraction of sp³-hybridized carbons (Fsp3) is 0.261. The van der Waals surface area contributed by atoms with Crippen LogP contribution >= 0.6 is 0 Å². The molecule has 0 saturated carbocycles. The normalized spacial score (nSPS) is 16.5. The van der Waals surface area contributed by atoms with Crippen molar-refractivity contribution >= 4 is 13.9 Å². The molecular weight excluding hydrogens is 538 g/mol. The first kappa shape index (κ1) is 21.1. The van der Waals surface area contributed by atoms with Crippen LogP contribution in [0.5, 0.6) is 0 Å². The van der Waals surface area contributed by atoms with Gasteiger partial charge < -0.3 is 0 Å². The van der Waals surface area contributed by atoms with Crippen LogP contribution in [0.15, 0.2) is 72.2 Å². The molecular formula is C23H25NO2SW. The zero-order valence-electron chi connectivity index (χ0n) is 16.3. The van der Waals surface area contributed by atoms with E-state index in [0.717, 1.165) is 27.9 Å². The number of sulfonamides is 1. The first-order valence-corrected chi connectivity index (χ1v) is 12.2. The molecule has 0 aromatic heterocycles. The summed E-state index contributed by atoms with van der Waals surface area (Å²) in [5, 5.41) is 0. The third-order valence-corrected chi connectivity index (χ3v) is 7.31. The zero-order valence-corrected chi connectivity index (χ0v) is 20.0. The van der Waals surface area contributed by atoms with Crippen molar-refractivity contribution < 1.29 is 27.8 Å². The van der Waals surface area contributed by atoms with Crippen molar-refractivity contribution in [1.82, 2.24) is 4.31 Å². The van der Waals surface area contributed by atoms with Crippen molar-refractivity contribution in [2.75, 3.05) is 0 Å². The van der Waals surface area contributed by atoms with E-state index in [2.05, 4.69) is 31.7 Å². The monoisotopic (exact) mass is 563 g/mol. The molecule has 146 valence electrons. The Kier molecular flexibility index (Phi) is 6.64. The number of hydrogen-bond donors (Lipinski definition) is 0. The van der Waals surface area contributed by atoms with E-state index in [1.54, 1.807) is 10.4 Å². The molecule has 0 bridgehead atoms. The van der Waals surface area contributed by atoms with Crippen molar-refractivity contribution in [3.05, 3.63) is 94.4 Å². The number of rotatable bonds is 7. The first-order chi connectivity index (χ1) is 13.3. The number of allylic oxidation sites excluding steroid dienone is 2. The van der Waals surface area contributed by atoms with Crippen LogP contribution in [0, 0.1) is 6.92 Å². The zero-order chi connectivity index (χ0) is 20.3. The van der Waals surface area contributed by atoms with Crippen LogP contribution < -0.4 is 0 Å². The predicted octanol–water partition coefficient (Wildman–Crippen LogP) is 4.62. The van der Waals surface area contributed by atoms with Gasteiger partial charge in [0.15, 0.2) is 0 Å². The standard InChI is InChI=1S/C23H25NO2S.W/c1-4-5-9-19(3)27(25,26)24(17-20-10-7-6-8-11-20)23-15-13-21-16-18(2)12-14-22(21)23;/h5-12,14,16,23H,3,13,15,17H2,1-2H3;/b9-5-;. The summed E-state index contributed by atoms with van der Waals surface area (Å²) in [5.41, 5.74) is 4.55. The van der Waals surface area contributed by atoms with Gasteiger partial charge in [-0.15, -0.1) is 0 Å². The summed E-state index contributed by atoms with van der Waals surface area (Å²) in [6.07, 6.45) is 5.16. The Balaban J connectivity index is 2.02. The third kappa shape index (κ3) is 4.68. The van der Waals surface area contributed by atoms with Gasteiger partial charge in [0.1, 0.15) is 0 Å². The maximum absolute atomic E-state index is 13.5. The van der Waals surface area contributed by atoms with Crippen molar-refractivity contribution in [3.63, 3.8) is 0 Å². The van der Waals surface area contributed by atoms with E-state index in [1.807, 2.05) is 43.3 Å². The predicted molar refractivity (Wildman–Crippen MR) is 112 cm³/mol. The summed E-state index contributed by atoms with van der Waals surface area (Å²) < 4.78 is 29.7. The van der Waals surface area contributed by atoms with Gasteiger partial charge >= 0.3 is 180 Å². The molecule has 2 aromatic carbocycles. The second-order valence-corrected chi connectivity index (χ2v) is 11.5. The molecule has 3 rings (SSSR count). The average molecular weight is 563 g/mol. The number of hydrogen-bond acceptors (Lipinski definition) is 2. The fourth-order valence-corrected chi connectivity index (χ4v) is 5.25. The molecule has 0 radical (unpaired) electrons. The van der Waals surface area contributed by atoms with Crippen LogP contribution in [0.4, 0.5) is 0 Å². The van der Waals surface area contributed by atoms with Crippen molar-refractivity contribution in [2.45, 2.75) is 39.3 Å². The minimum absolute atomic E-state index is 0.143. The topological polar surface area (TPSA) is 37.4 Å². The van der Waals surface area contributed by atoms with Gasteiger partial charge in [-0.05, 0) is 0 Å². The van der Waals surface area contributed by atoms with E-state index < -0.39 is 10.0 Å². The van der Waals surface area contributed by atoms with E-state index in [1.165, 1.54) is 30.5 Å². The molecule has 1 unspecified atom stereocenters. The summed E-state index contributed by atoms with van der Waals surface area (Å²) in [7, 11) is -3.68. The molecule has 1 aliphatic rings. The van der Waals surface area contributed by atoms with Crippen molar-refractivity contribution in [2.24, 2.45) is 0 Å². The Labute approximate surface area is 179 Å². The number of aryl methyl sites for hydroxylation is 2. The number of fused-ring (bicyclic) bond motifs is 1. The van der Waals surface area contributed by atoms with E-state index in [-0.39, 0.29) is 10.9 Å². The molecule has 2 aromatic rings. The Morgan fingerprint density at radius 2 is 1.93 bits per heavy atom. The average Bonchev–Trinajstić information content (AvgIpc) is 3.07. The van der Waals surface area contributed by atoms with E-state index in [4.69, 9.17) is 0 Å². The first-order valence-electron chi connectivity index (χ1n) is 9.32. The van der Waals surface area contributed by atoms with Crippen molar-refractivity contribution in [3.8, 4) is 0 Å². The van der Waals surface area contributed by atoms with Gasteiger partial charge in [0.2, 0.25) is 0 Å². The Morgan fingerprint density at radius 1 is 1.21 bits per heavy atom. The van der Waals surface area contributed by atoms with E-state index in [0.29, 0.717) is 6.54 Å². The van der Waals surface area contributed by atoms with Gasteiger partial charge in [-0.3, -0.25) is 0 Å². The summed E-state index contributed by atoms with van der Waals surface area (Å²) >= 11 is 1.32. The molecule has 28 heavy (non-hydrogen) atoms. The van der Waals surface area contributed by atoms with Gasteiger partial charge in [-0.2, -0.15) is 0 Å². The second kappa shape index (κ2) is 8.82. The van der Waals surface area contributed by atoms with Crippen LogP contribution in [-0.2, 0) is 42.3 Å². The quantitative estimate of drug-likeness (QED) is 0.462. The van der Waals surface area contributed by atoms with Crippen molar-refractivity contribution in [1.29, 1.82) is 0 Å². The second-order valence-electron chi connectivity index (χ2n) is 7.20. The molecule has 0 spiro atoms. The summed E-state index contributed by atoms with van der Waals surface area (Å²) in [5.74, 6) is 0. The molecule has 1 atom stereocenters. The molecule has 0 heterocycles. The van der Waals surface area contributed by atoms with Gasteiger partial charge in [0, 0.05) is 0 Å². The Morgan fingerprint density at radius 3 is 2.61 bits per heavy atom. The van der Waals surface area contributed by atoms with E-state index >= 15 is 0 Å². The summed E-state index contributed by atoms with van der Waals surface area (Å²) in [4.78, 5) is 0.143. The van der Waals surface area contributed by atoms with Gasteiger partial charge in [-0.1, -0.05) is 0 Å². The van der Waals surface area contributed by atoms with Crippen LogP contribution in [0.1, 0.15) is 41.6 Å². The SMILES string of the molecule is C=C(/C=C\[C](C)=[W])S(=O)(=O)N(Cc1ccccc1)C1CCc2cc(C)ccc21. The fourth-order valence-electron chi connectivity index (χ4n) is 3.60. The third-order valence-electron chi connectivity index (χ3n) is 5.02. The summed E-state index contributed by atoms with van der Waals surface area (Å²) in [6.45, 7) is 8.27. The van der Waals surface area contributed by atoms with Crippen LogP contribution in [0.2, 0.25) is 0 Å². The molecule has 5 heteroatoms. The summed E-state index contributed by atoms with van der Waals surface area (Å²) in [6, 6.07) is 15.9. The minimum atomic E-state index is -3.68. The molecule has 0 fully saturated rings. The molecule has 1 aliphatic carbocycles.